The third-order valence-electron chi connectivity index (χ3n) is 4.98. The minimum absolute atomic E-state index is 0.0245. The third-order valence-corrected chi connectivity index (χ3v) is 4.98. The van der Waals surface area contributed by atoms with Crippen molar-refractivity contribution in [3.63, 3.8) is 0 Å². The van der Waals surface area contributed by atoms with Crippen LogP contribution in [0.15, 0.2) is 89.6 Å². The molecule has 3 N–H and O–H groups in total. The second-order valence-corrected chi connectivity index (χ2v) is 6.74. The number of fused-ring (bicyclic) bond motifs is 2. The smallest absolute Gasteiger partial charge is 0.248 e. The van der Waals surface area contributed by atoms with E-state index in [-0.39, 0.29) is 28.3 Å². The number of carbonyl (C=O) groups is 4. The summed E-state index contributed by atoms with van der Waals surface area (Å²) in [4.78, 5) is 49.1. The van der Waals surface area contributed by atoms with Gasteiger partial charge in [0.1, 0.15) is 5.76 Å². The van der Waals surface area contributed by atoms with Gasteiger partial charge in [-0.05, 0) is 24.3 Å². The van der Waals surface area contributed by atoms with Gasteiger partial charge in [0.05, 0.1) is 11.1 Å². The maximum absolute atomic E-state index is 12.5. The maximum atomic E-state index is 12.5. The Bertz CT molecular complexity index is 1240. The molecular formula is C24H15NO5. The van der Waals surface area contributed by atoms with Crippen molar-refractivity contribution in [2.45, 2.75) is 0 Å². The van der Waals surface area contributed by atoms with Crippen LogP contribution in [0, 0.1) is 0 Å². The molecule has 0 atom stereocenters. The normalized spacial score (nSPS) is 15.8. The molecule has 2 aromatic carbocycles. The first kappa shape index (κ1) is 19.0. The number of amides is 1. The van der Waals surface area contributed by atoms with E-state index in [4.69, 9.17) is 5.73 Å². The lowest BCUT2D eigenvalue weighted by Crippen LogP contribution is -2.12. The molecule has 1 amide bonds. The Balaban J connectivity index is 1.66. The van der Waals surface area contributed by atoms with Crippen LogP contribution in [0.2, 0.25) is 0 Å². The molecule has 2 aliphatic carbocycles. The summed E-state index contributed by atoms with van der Waals surface area (Å²) in [5, 5.41) is 10.3. The van der Waals surface area contributed by atoms with E-state index in [1.54, 1.807) is 48.5 Å². The van der Waals surface area contributed by atoms with Gasteiger partial charge in [-0.25, -0.2) is 0 Å². The number of benzene rings is 2. The van der Waals surface area contributed by atoms with Gasteiger partial charge in [0, 0.05) is 27.8 Å². The Kier molecular flexibility index (Phi) is 4.60. The average molecular weight is 397 g/mol. The van der Waals surface area contributed by atoms with Crippen LogP contribution in [0.4, 0.5) is 0 Å². The molecule has 2 aromatic rings. The zero-order valence-corrected chi connectivity index (χ0v) is 15.6. The molecule has 0 aliphatic heterocycles. The van der Waals surface area contributed by atoms with Crippen molar-refractivity contribution in [2.24, 2.45) is 5.73 Å². The van der Waals surface area contributed by atoms with Crippen LogP contribution < -0.4 is 5.73 Å². The molecule has 6 nitrogen and oxygen atoms in total. The van der Waals surface area contributed by atoms with Gasteiger partial charge in [0.15, 0.2) is 17.3 Å². The van der Waals surface area contributed by atoms with E-state index in [0.29, 0.717) is 22.3 Å². The molecule has 4 rings (SSSR count). The quantitative estimate of drug-likeness (QED) is 0.467. The fraction of sp³-hybridized carbons (Fsp3) is 0. The highest BCUT2D eigenvalue weighted by molar-refractivity contribution is 6.39. The number of aliphatic hydroxyl groups excluding tert-OH is 1. The lowest BCUT2D eigenvalue weighted by Gasteiger charge is -1.97. The first-order valence-electron chi connectivity index (χ1n) is 9.05. The van der Waals surface area contributed by atoms with E-state index in [9.17, 15) is 24.3 Å². The Labute approximate surface area is 171 Å². The zero-order valence-electron chi connectivity index (χ0n) is 15.6. The highest BCUT2D eigenvalue weighted by Crippen LogP contribution is 2.31. The number of primary amides is 1. The minimum atomic E-state index is -0.818. The number of ketones is 3. The van der Waals surface area contributed by atoms with Crippen molar-refractivity contribution >= 4 is 29.0 Å². The highest BCUT2D eigenvalue weighted by atomic mass is 16.3. The molecule has 0 radical (unpaired) electrons. The Hall–Kier alpha value is -4.32. The van der Waals surface area contributed by atoms with Gasteiger partial charge < -0.3 is 10.8 Å². The zero-order chi connectivity index (χ0) is 21.4. The van der Waals surface area contributed by atoms with Crippen LogP contribution in [0.25, 0.3) is 5.76 Å². The van der Waals surface area contributed by atoms with Crippen molar-refractivity contribution in [1.82, 2.24) is 0 Å². The van der Waals surface area contributed by atoms with Gasteiger partial charge in [0.25, 0.3) is 0 Å². The molecule has 0 spiro atoms. The van der Waals surface area contributed by atoms with Crippen molar-refractivity contribution in [1.29, 1.82) is 0 Å². The molecular weight excluding hydrogens is 382 g/mol. The van der Waals surface area contributed by atoms with E-state index in [1.165, 1.54) is 24.3 Å². The van der Waals surface area contributed by atoms with E-state index in [2.05, 4.69) is 0 Å². The second-order valence-electron chi connectivity index (χ2n) is 6.74. The molecule has 0 saturated heterocycles. The van der Waals surface area contributed by atoms with Crippen molar-refractivity contribution < 1.29 is 24.3 Å². The molecule has 6 heteroatoms. The predicted octanol–water partition coefficient (Wildman–Crippen LogP) is 3.13. The number of carbonyl (C=O) groups excluding carboxylic acids is 4. The number of allylic oxidation sites excluding steroid dienone is 5. The average Bonchev–Trinajstić information content (AvgIpc) is 3.14. The summed E-state index contributed by atoms with van der Waals surface area (Å²) in [6.07, 6.45) is 5.06. The maximum Gasteiger partial charge on any atom is 0.248 e. The van der Waals surface area contributed by atoms with E-state index < -0.39 is 17.5 Å². The number of Topliss-reactive ketones (excluding diaryl/α,β-unsaturated/α-hetero) is 3. The number of rotatable bonds is 4. The van der Waals surface area contributed by atoms with Gasteiger partial charge in [-0.1, -0.05) is 48.5 Å². The molecule has 146 valence electrons. The van der Waals surface area contributed by atoms with Crippen LogP contribution in [0.3, 0.4) is 0 Å². The monoisotopic (exact) mass is 397 g/mol. The molecule has 0 bridgehead atoms. The summed E-state index contributed by atoms with van der Waals surface area (Å²) in [6, 6.07) is 13.1. The van der Waals surface area contributed by atoms with Crippen LogP contribution in [0.5, 0.6) is 0 Å². The van der Waals surface area contributed by atoms with Crippen molar-refractivity contribution in [3.05, 3.63) is 112 Å². The van der Waals surface area contributed by atoms with Gasteiger partial charge in [-0.15, -0.1) is 0 Å². The summed E-state index contributed by atoms with van der Waals surface area (Å²) in [5.41, 5.74) is 6.69. The number of aliphatic hydroxyl groups is 1. The molecule has 0 heterocycles. The second kappa shape index (κ2) is 7.25. The number of nitrogens with two attached hydrogens (primary N) is 1. The molecule has 0 saturated carbocycles. The van der Waals surface area contributed by atoms with E-state index >= 15 is 0 Å². The summed E-state index contributed by atoms with van der Waals surface area (Å²) in [5.74, 6) is -2.24. The summed E-state index contributed by atoms with van der Waals surface area (Å²) in [7, 11) is 0. The number of hydrogen-bond acceptors (Lipinski definition) is 5. The van der Waals surface area contributed by atoms with E-state index in [0.717, 1.165) is 0 Å². The summed E-state index contributed by atoms with van der Waals surface area (Å²) >= 11 is 0. The van der Waals surface area contributed by atoms with Crippen LogP contribution in [-0.2, 0) is 4.79 Å². The van der Waals surface area contributed by atoms with E-state index in [1.807, 2.05) is 0 Å². The SMILES string of the molecule is NC(=O)C(C=CC1=C(O)c2ccccc2C1=O)=CC=C1C(=O)c2ccccc2C1=O. The van der Waals surface area contributed by atoms with Crippen LogP contribution in [-0.4, -0.2) is 28.4 Å². The predicted molar refractivity (Wildman–Crippen MR) is 110 cm³/mol. The first-order valence-corrected chi connectivity index (χ1v) is 9.05. The van der Waals surface area contributed by atoms with Gasteiger partial charge in [-0.3, -0.25) is 19.2 Å². The molecule has 30 heavy (non-hydrogen) atoms. The molecule has 0 fully saturated rings. The molecule has 0 unspecified atom stereocenters. The Morgan fingerprint density at radius 1 is 0.800 bits per heavy atom. The Morgan fingerprint density at radius 3 is 1.80 bits per heavy atom. The molecule has 2 aliphatic rings. The first-order chi connectivity index (χ1) is 14.4. The van der Waals surface area contributed by atoms with Crippen molar-refractivity contribution in [2.75, 3.05) is 0 Å². The number of hydrogen-bond donors (Lipinski definition) is 2. The standard InChI is InChI=1S/C24H15NO5/c25-24(30)13(9-11-18-20(26)14-5-1-2-6-15(14)21(18)27)10-12-19-22(28)16-7-3-4-8-17(16)23(19)29/h1-12,26H,(H2,25,30). The topological polar surface area (TPSA) is 115 Å². The Morgan fingerprint density at radius 2 is 1.30 bits per heavy atom. The lowest BCUT2D eigenvalue weighted by atomic mass is 10.1. The van der Waals surface area contributed by atoms with Gasteiger partial charge in [-0.2, -0.15) is 0 Å². The van der Waals surface area contributed by atoms with Crippen molar-refractivity contribution in [3.8, 4) is 0 Å². The van der Waals surface area contributed by atoms with Crippen LogP contribution in [0.1, 0.15) is 36.6 Å². The minimum Gasteiger partial charge on any atom is -0.507 e. The third kappa shape index (κ3) is 3.00. The lowest BCUT2D eigenvalue weighted by molar-refractivity contribution is -0.114. The van der Waals surface area contributed by atoms with Gasteiger partial charge in [0.2, 0.25) is 5.91 Å². The fourth-order valence-corrected chi connectivity index (χ4v) is 3.43. The largest absolute Gasteiger partial charge is 0.507 e. The summed E-state index contributed by atoms with van der Waals surface area (Å²) in [6.45, 7) is 0. The fourth-order valence-electron chi connectivity index (χ4n) is 3.43. The summed E-state index contributed by atoms with van der Waals surface area (Å²) < 4.78 is 0. The highest BCUT2D eigenvalue weighted by Gasteiger charge is 2.32. The molecule has 0 aromatic heterocycles. The van der Waals surface area contributed by atoms with Gasteiger partial charge >= 0.3 is 0 Å². The van der Waals surface area contributed by atoms with Crippen LogP contribution >= 0.6 is 0 Å².